The van der Waals surface area contributed by atoms with Gasteiger partial charge in [0.15, 0.2) is 0 Å². The number of carbonyl (C=O) groups excluding carboxylic acids is 1. The quantitative estimate of drug-likeness (QED) is 0.735. The molecule has 6 nitrogen and oxygen atoms in total. The zero-order valence-electron chi connectivity index (χ0n) is 14.2. The summed E-state index contributed by atoms with van der Waals surface area (Å²) in [7, 11) is 3.99. The molecule has 0 aliphatic heterocycles. The van der Waals surface area contributed by atoms with Crippen molar-refractivity contribution >= 4 is 35.1 Å². The molecule has 8 heteroatoms. The number of hydrogen-bond acceptors (Lipinski definition) is 5. The third-order valence-electron chi connectivity index (χ3n) is 3.45. The number of likely N-dealkylation sites (N-methyl/N-ethyl adjacent to an activating group) is 1. The van der Waals surface area contributed by atoms with Gasteiger partial charge in [-0.25, -0.2) is 9.97 Å². The molecule has 2 N–H and O–H groups in total. The summed E-state index contributed by atoms with van der Waals surface area (Å²) in [5.74, 6) is 0.288. The van der Waals surface area contributed by atoms with Crippen LogP contribution in [0.1, 0.15) is 15.9 Å². The van der Waals surface area contributed by atoms with Gasteiger partial charge in [-0.3, -0.25) is 4.79 Å². The lowest BCUT2D eigenvalue weighted by Gasteiger charge is -2.10. The van der Waals surface area contributed by atoms with Gasteiger partial charge in [0, 0.05) is 42.1 Å². The highest BCUT2D eigenvalue weighted by Gasteiger charge is 2.08. The Bertz CT molecular complexity index is 707. The zero-order valence-corrected chi connectivity index (χ0v) is 15.7. The molecule has 0 unspecified atom stereocenters. The topological polar surface area (TPSA) is 70.2 Å². The molecular weight excluding hydrogens is 361 g/mol. The molecule has 0 saturated heterocycles. The van der Waals surface area contributed by atoms with Crippen LogP contribution in [0.2, 0.25) is 10.0 Å². The van der Waals surface area contributed by atoms with Crippen molar-refractivity contribution in [3.05, 3.63) is 51.8 Å². The predicted octanol–water partition coefficient (Wildman–Crippen LogP) is 2.73. The van der Waals surface area contributed by atoms with Crippen molar-refractivity contribution in [1.29, 1.82) is 0 Å². The van der Waals surface area contributed by atoms with Crippen molar-refractivity contribution < 1.29 is 4.79 Å². The van der Waals surface area contributed by atoms with Gasteiger partial charge in [-0.05, 0) is 38.2 Å². The lowest BCUT2D eigenvalue weighted by atomic mass is 10.1. The maximum Gasteiger partial charge on any atom is 0.254 e. The van der Waals surface area contributed by atoms with Crippen LogP contribution < -0.4 is 10.6 Å². The minimum absolute atomic E-state index is 0.218. The molecule has 0 spiro atoms. The molecule has 0 radical (unpaired) electrons. The van der Waals surface area contributed by atoms with Crippen LogP contribution in [0.3, 0.4) is 0 Å². The summed E-state index contributed by atoms with van der Waals surface area (Å²) in [4.78, 5) is 22.5. The van der Waals surface area contributed by atoms with Gasteiger partial charge in [0.2, 0.25) is 5.95 Å². The van der Waals surface area contributed by atoms with E-state index in [1.54, 1.807) is 12.1 Å². The van der Waals surface area contributed by atoms with E-state index < -0.39 is 0 Å². The molecule has 1 aromatic heterocycles. The Morgan fingerprint density at radius 3 is 2.52 bits per heavy atom. The van der Waals surface area contributed by atoms with Crippen molar-refractivity contribution in [3.63, 3.8) is 0 Å². The number of benzene rings is 1. The fraction of sp³-hybridized carbons (Fsp3) is 0.353. The number of anilines is 1. The van der Waals surface area contributed by atoms with Crippen LogP contribution in [0.15, 0.2) is 30.6 Å². The lowest BCUT2D eigenvalue weighted by Crippen LogP contribution is -2.26. The van der Waals surface area contributed by atoms with Crippen molar-refractivity contribution in [3.8, 4) is 0 Å². The third-order valence-corrected chi connectivity index (χ3v) is 4.04. The Morgan fingerprint density at radius 2 is 1.88 bits per heavy atom. The normalized spacial score (nSPS) is 10.8. The van der Waals surface area contributed by atoms with E-state index in [-0.39, 0.29) is 5.91 Å². The zero-order chi connectivity index (χ0) is 18.2. The number of nitrogens with one attached hydrogen (secondary N) is 2. The van der Waals surface area contributed by atoms with Crippen LogP contribution >= 0.6 is 23.2 Å². The first-order chi connectivity index (χ1) is 12.0. The summed E-state index contributed by atoms with van der Waals surface area (Å²) in [5, 5.41) is 7.11. The fourth-order valence-corrected chi connectivity index (χ4v) is 2.57. The van der Waals surface area contributed by atoms with Crippen LogP contribution in [-0.2, 0) is 6.42 Å². The summed E-state index contributed by atoms with van der Waals surface area (Å²) in [6, 6.07) is 5.32. The number of rotatable bonds is 8. The van der Waals surface area contributed by atoms with Crippen molar-refractivity contribution in [1.82, 2.24) is 20.2 Å². The van der Waals surface area contributed by atoms with E-state index >= 15 is 0 Å². The van der Waals surface area contributed by atoms with Gasteiger partial charge in [-0.15, -0.1) is 0 Å². The van der Waals surface area contributed by atoms with Crippen LogP contribution in [0.5, 0.6) is 0 Å². The maximum atomic E-state index is 12.1. The highest BCUT2D eigenvalue weighted by atomic mass is 35.5. The van der Waals surface area contributed by atoms with Gasteiger partial charge in [-0.1, -0.05) is 29.3 Å². The molecule has 1 amide bonds. The van der Waals surface area contributed by atoms with E-state index in [4.69, 9.17) is 23.2 Å². The molecule has 2 aromatic rings. The molecule has 0 aliphatic carbocycles. The first-order valence-corrected chi connectivity index (χ1v) is 8.64. The summed E-state index contributed by atoms with van der Waals surface area (Å²) >= 11 is 12.0. The van der Waals surface area contributed by atoms with Crippen LogP contribution in [-0.4, -0.2) is 54.5 Å². The summed E-state index contributed by atoms with van der Waals surface area (Å²) in [6.07, 6.45) is 3.64. The highest BCUT2D eigenvalue weighted by molar-refractivity contribution is 6.35. The van der Waals surface area contributed by atoms with Crippen molar-refractivity contribution in [2.75, 3.05) is 39.0 Å². The first-order valence-electron chi connectivity index (χ1n) is 7.88. The Labute approximate surface area is 157 Å². The number of nitrogens with zero attached hydrogens (tertiary/aromatic N) is 3. The van der Waals surface area contributed by atoms with Crippen LogP contribution in [0.4, 0.5) is 5.95 Å². The summed E-state index contributed by atoms with van der Waals surface area (Å²) in [6.45, 7) is 2.07. The van der Waals surface area contributed by atoms with E-state index in [9.17, 15) is 4.79 Å². The standard InChI is InChI=1S/C17H21Cl2N5O/c1-24(2)8-7-21-17-22-10-13(11-23-17)16(25)20-6-5-12-3-4-14(18)9-15(12)19/h3-4,9-11H,5-8H2,1-2H3,(H,20,25)(H,21,22,23). The van der Waals surface area contributed by atoms with E-state index in [1.165, 1.54) is 12.4 Å². The van der Waals surface area contributed by atoms with E-state index in [2.05, 4.69) is 25.5 Å². The molecule has 2 rings (SSSR count). The Balaban J connectivity index is 1.80. The monoisotopic (exact) mass is 381 g/mol. The van der Waals surface area contributed by atoms with E-state index in [0.29, 0.717) is 34.5 Å². The van der Waals surface area contributed by atoms with Crippen molar-refractivity contribution in [2.24, 2.45) is 0 Å². The number of hydrogen-bond donors (Lipinski definition) is 2. The van der Waals surface area contributed by atoms with Gasteiger partial charge in [0.05, 0.1) is 5.56 Å². The summed E-state index contributed by atoms with van der Waals surface area (Å²) in [5.41, 5.74) is 1.35. The molecule has 1 heterocycles. The Hall–Kier alpha value is -1.89. The predicted molar refractivity (Wildman–Crippen MR) is 102 cm³/mol. The molecule has 0 bridgehead atoms. The van der Waals surface area contributed by atoms with Gasteiger partial charge in [0.25, 0.3) is 5.91 Å². The number of halogens is 2. The second-order valence-corrected chi connectivity index (χ2v) is 6.61. The molecule has 0 aliphatic rings. The number of carbonyl (C=O) groups is 1. The molecule has 0 saturated carbocycles. The maximum absolute atomic E-state index is 12.1. The fourth-order valence-electron chi connectivity index (χ4n) is 2.07. The average molecular weight is 382 g/mol. The molecule has 134 valence electrons. The Morgan fingerprint density at radius 1 is 1.16 bits per heavy atom. The number of aromatic nitrogens is 2. The third kappa shape index (κ3) is 6.49. The highest BCUT2D eigenvalue weighted by Crippen LogP contribution is 2.21. The molecule has 25 heavy (non-hydrogen) atoms. The number of amides is 1. The minimum Gasteiger partial charge on any atom is -0.353 e. The van der Waals surface area contributed by atoms with Crippen LogP contribution in [0, 0.1) is 0 Å². The summed E-state index contributed by atoms with van der Waals surface area (Å²) < 4.78 is 0. The molecule has 1 aromatic carbocycles. The molecule has 0 atom stereocenters. The van der Waals surface area contributed by atoms with E-state index in [0.717, 1.165) is 18.7 Å². The van der Waals surface area contributed by atoms with Gasteiger partial charge >= 0.3 is 0 Å². The lowest BCUT2D eigenvalue weighted by molar-refractivity contribution is 0.0953. The smallest absolute Gasteiger partial charge is 0.254 e. The Kier molecular flexibility index (Phi) is 7.43. The molecular formula is C17H21Cl2N5O. The SMILES string of the molecule is CN(C)CCNc1ncc(C(=O)NCCc2ccc(Cl)cc2Cl)cn1. The first kappa shape index (κ1) is 19.4. The average Bonchev–Trinajstić information content (AvgIpc) is 2.57. The van der Waals surface area contributed by atoms with E-state index in [1.807, 2.05) is 20.2 Å². The van der Waals surface area contributed by atoms with Gasteiger partial charge in [-0.2, -0.15) is 0 Å². The second-order valence-electron chi connectivity index (χ2n) is 5.77. The second kappa shape index (κ2) is 9.56. The minimum atomic E-state index is -0.218. The van der Waals surface area contributed by atoms with Crippen LogP contribution in [0.25, 0.3) is 0 Å². The molecule has 0 fully saturated rings. The largest absolute Gasteiger partial charge is 0.353 e. The van der Waals surface area contributed by atoms with Gasteiger partial charge in [0.1, 0.15) is 0 Å². The van der Waals surface area contributed by atoms with Crippen molar-refractivity contribution in [2.45, 2.75) is 6.42 Å². The van der Waals surface area contributed by atoms with Gasteiger partial charge < -0.3 is 15.5 Å².